The number of anilines is 1. The number of H-pyrrole nitrogens is 1. The molecule has 1 fully saturated rings. The molecule has 1 unspecified atom stereocenters. The molecular weight excluding hydrogens is 322 g/mol. The number of hydrogen-bond donors (Lipinski definition) is 2. The highest BCUT2D eigenvalue weighted by Gasteiger charge is 2.34. The van der Waals surface area contributed by atoms with Crippen molar-refractivity contribution in [2.24, 2.45) is 0 Å². The Bertz CT molecular complexity index is 695. The Morgan fingerprint density at radius 1 is 1.39 bits per heavy atom. The van der Waals surface area contributed by atoms with E-state index >= 15 is 0 Å². The quantitative estimate of drug-likeness (QED) is 0.734. The number of carbonyl (C=O) groups excluding carboxylic acids is 1. The third-order valence-electron chi connectivity index (χ3n) is 3.61. The summed E-state index contributed by atoms with van der Waals surface area (Å²) >= 11 is 0. The van der Waals surface area contributed by atoms with E-state index in [1.807, 2.05) is 19.0 Å². The van der Waals surface area contributed by atoms with Gasteiger partial charge in [0, 0.05) is 25.2 Å². The van der Waals surface area contributed by atoms with Crippen LogP contribution >= 0.6 is 0 Å². The monoisotopic (exact) mass is 343 g/mol. The molecule has 9 nitrogen and oxygen atoms in total. The Hall–Kier alpha value is -1.94. The molecule has 1 aromatic rings. The van der Waals surface area contributed by atoms with Gasteiger partial charge in [0.05, 0.1) is 11.5 Å². The summed E-state index contributed by atoms with van der Waals surface area (Å²) in [5.41, 5.74) is -0.366. The Labute approximate surface area is 134 Å². The first kappa shape index (κ1) is 17.4. The first-order chi connectivity index (χ1) is 10.8. The molecular formula is C13H21N5O4S. The number of urea groups is 1. The van der Waals surface area contributed by atoms with Crippen LogP contribution in [0.15, 0.2) is 16.9 Å². The van der Waals surface area contributed by atoms with Gasteiger partial charge in [0.1, 0.15) is 0 Å². The molecule has 0 saturated carbocycles. The molecule has 128 valence electrons. The summed E-state index contributed by atoms with van der Waals surface area (Å²) in [5, 5.41) is 8.55. The average molecular weight is 343 g/mol. The third kappa shape index (κ3) is 5.03. The maximum absolute atomic E-state index is 12.5. The van der Waals surface area contributed by atoms with Gasteiger partial charge in [-0.2, -0.15) is 5.10 Å². The van der Waals surface area contributed by atoms with E-state index in [0.717, 1.165) is 0 Å². The van der Waals surface area contributed by atoms with E-state index in [-0.39, 0.29) is 28.9 Å². The summed E-state index contributed by atoms with van der Waals surface area (Å²) in [7, 11) is 0.670. The van der Waals surface area contributed by atoms with E-state index in [9.17, 15) is 18.0 Å². The lowest BCUT2D eigenvalue weighted by Gasteiger charge is -2.29. The highest BCUT2D eigenvalue weighted by atomic mass is 32.2. The second kappa shape index (κ2) is 7.09. The van der Waals surface area contributed by atoms with E-state index in [0.29, 0.717) is 19.5 Å². The van der Waals surface area contributed by atoms with Crippen LogP contribution in [0.25, 0.3) is 0 Å². The van der Waals surface area contributed by atoms with E-state index in [1.165, 1.54) is 17.0 Å². The molecule has 1 aromatic heterocycles. The van der Waals surface area contributed by atoms with E-state index in [4.69, 9.17) is 0 Å². The van der Waals surface area contributed by atoms with Gasteiger partial charge in [-0.1, -0.05) is 0 Å². The molecule has 2 rings (SSSR count). The molecule has 1 saturated heterocycles. The van der Waals surface area contributed by atoms with Crippen molar-refractivity contribution in [3.8, 4) is 0 Å². The van der Waals surface area contributed by atoms with Crippen molar-refractivity contribution in [3.63, 3.8) is 0 Å². The molecule has 2 N–H and O–H groups in total. The number of aromatic nitrogens is 2. The first-order valence-electron chi connectivity index (χ1n) is 7.25. The molecule has 0 aliphatic carbocycles. The summed E-state index contributed by atoms with van der Waals surface area (Å²) in [4.78, 5) is 26.9. The van der Waals surface area contributed by atoms with Crippen LogP contribution in [0.3, 0.4) is 0 Å². The summed E-state index contributed by atoms with van der Waals surface area (Å²) in [6.45, 7) is 1.02. The Morgan fingerprint density at radius 3 is 2.65 bits per heavy atom. The molecule has 10 heteroatoms. The topological polar surface area (TPSA) is 115 Å². The Morgan fingerprint density at radius 2 is 2.13 bits per heavy atom. The van der Waals surface area contributed by atoms with Gasteiger partial charge in [-0.25, -0.2) is 18.3 Å². The molecule has 1 atom stereocenters. The van der Waals surface area contributed by atoms with Gasteiger partial charge in [0.25, 0.3) is 5.56 Å². The molecule has 0 radical (unpaired) electrons. The predicted molar refractivity (Wildman–Crippen MR) is 86.2 cm³/mol. The highest BCUT2D eigenvalue weighted by Crippen LogP contribution is 2.18. The van der Waals surface area contributed by atoms with Crippen molar-refractivity contribution >= 4 is 21.7 Å². The number of hydrogen-bond acceptors (Lipinski definition) is 6. The number of likely N-dealkylation sites (N-methyl/N-ethyl adjacent to an activating group) is 1. The largest absolute Gasteiger partial charge is 0.323 e. The van der Waals surface area contributed by atoms with Crippen LogP contribution in [0.2, 0.25) is 0 Å². The van der Waals surface area contributed by atoms with E-state index < -0.39 is 15.9 Å². The van der Waals surface area contributed by atoms with Crippen molar-refractivity contribution in [2.75, 3.05) is 44.0 Å². The van der Waals surface area contributed by atoms with Gasteiger partial charge in [-0.3, -0.25) is 10.1 Å². The second-order valence-corrected chi connectivity index (χ2v) is 8.02. The zero-order valence-corrected chi connectivity index (χ0v) is 14.0. The fourth-order valence-corrected chi connectivity index (χ4v) is 4.11. The summed E-state index contributed by atoms with van der Waals surface area (Å²) < 4.78 is 23.4. The lowest BCUT2D eigenvalue weighted by molar-refractivity contribution is 0.186. The number of carbonyl (C=O) groups is 1. The number of nitrogens with zero attached hydrogens (tertiary/aromatic N) is 3. The molecule has 1 aliphatic heterocycles. The molecule has 1 aliphatic rings. The summed E-state index contributed by atoms with van der Waals surface area (Å²) in [6.07, 6.45) is 0.433. The minimum atomic E-state index is -3.09. The van der Waals surface area contributed by atoms with E-state index in [2.05, 4.69) is 15.5 Å². The fourth-order valence-electron chi connectivity index (χ4n) is 2.37. The van der Waals surface area contributed by atoms with Crippen LogP contribution in [-0.2, 0) is 9.84 Å². The van der Waals surface area contributed by atoms with Crippen molar-refractivity contribution in [2.45, 2.75) is 12.5 Å². The Kier molecular flexibility index (Phi) is 5.37. The summed E-state index contributed by atoms with van der Waals surface area (Å²) in [5.74, 6) is 0.290. The third-order valence-corrected chi connectivity index (χ3v) is 5.36. The first-order valence-corrected chi connectivity index (χ1v) is 9.07. The van der Waals surface area contributed by atoms with Crippen molar-refractivity contribution < 1.29 is 13.2 Å². The SMILES string of the molecule is CN(C)CCN(C(=O)Nc1ccc(=O)[nH]n1)C1CCS(=O)(=O)C1. The van der Waals surface area contributed by atoms with Crippen LogP contribution in [0.5, 0.6) is 0 Å². The van der Waals surface area contributed by atoms with Gasteiger partial charge >= 0.3 is 6.03 Å². The molecule has 2 heterocycles. The average Bonchev–Trinajstić information content (AvgIpc) is 2.81. The van der Waals surface area contributed by atoms with Crippen LogP contribution < -0.4 is 10.9 Å². The zero-order valence-electron chi connectivity index (χ0n) is 13.2. The summed E-state index contributed by atoms with van der Waals surface area (Å²) in [6, 6.07) is 1.88. The van der Waals surface area contributed by atoms with Gasteiger partial charge < -0.3 is 9.80 Å². The molecule has 23 heavy (non-hydrogen) atoms. The standard InChI is InChI=1S/C13H21N5O4S/c1-17(2)6-7-18(10-5-8-23(21,22)9-10)13(20)14-11-3-4-12(19)16-15-11/h3-4,10H,5-9H2,1-2H3,(H,16,19)(H,14,15,20). The van der Waals surface area contributed by atoms with Crippen molar-refractivity contribution in [3.05, 3.63) is 22.5 Å². The number of amides is 2. The second-order valence-electron chi connectivity index (χ2n) is 5.79. The number of nitrogens with one attached hydrogen (secondary N) is 2. The minimum absolute atomic E-state index is 0.0209. The molecule has 0 aromatic carbocycles. The number of aromatic amines is 1. The van der Waals surface area contributed by atoms with Crippen molar-refractivity contribution in [1.82, 2.24) is 20.0 Å². The van der Waals surface area contributed by atoms with Crippen LogP contribution in [0, 0.1) is 0 Å². The van der Waals surface area contributed by atoms with Gasteiger partial charge in [0.2, 0.25) is 0 Å². The molecule has 2 amide bonds. The molecule has 0 spiro atoms. The van der Waals surface area contributed by atoms with Gasteiger partial charge in [-0.15, -0.1) is 0 Å². The maximum Gasteiger partial charge on any atom is 0.323 e. The van der Waals surface area contributed by atoms with Gasteiger partial charge in [0.15, 0.2) is 15.7 Å². The lowest BCUT2D eigenvalue weighted by Crippen LogP contribution is -2.46. The Balaban J connectivity index is 2.10. The fraction of sp³-hybridized carbons (Fsp3) is 0.615. The van der Waals surface area contributed by atoms with E-state index in [1.54, 1.807) is 0 Å². The van der Waals surface area contributed by atoms with Crippen LogP contribution in [0.4, 0.5) is 10.6 Å². The smallest absolute Gasteiger partial charge is 0.319 e. The van der Waals surface area contributed by atoms with Crippen molar-refractivity contribution in [1.29, 1.82) is 0 Å². The number of rotatable bonds is 5. The molecule has 0 bridgehead atoms. The lowest BCUT2D eigenvalue weighted by atomic mass is 10.2. The number of sulfone groups is 1. The normalized spacial score (nSPS) is 19.7. The van der Waals surface area contributed by atoms with Crippen LogP contribution in [0.1, 0.15) is 6.42 Å². The minimum Gasteiger partial charge on any atom is -0.319 e. The zero-order chi connectivity index (χ0) is 17.0. The van der Waals surface area contributed by atoms with Gasteiger partial charge in [-0.05, 0) is 26.6 Å². The maximum atomic E-state index is 12.5. The highest BCUT2D eigenvalue weighted by molar-refractivity contribution is 7.91. The predicted octanol–water partition coefficient (Wildman–Crippen LogP) is -0.647. The van der Waals surface area contributed by atoms with Crippen LogP contribution in [-0.4, -0.2) is 79.2 Å².